The number of rotatable bonds is 4. The lowest BCUT2D eigenvalue weighted by atomic mass is 9.84. The van der Waals surface area contributed by atoms with Crippen LogP contribution in [0.15, 0.2) is 133 Å². The van der Waals surface area contributed by atoms with Gasteiger partial charge in [0, 0.05) is 38.4 Å². The Kier molecular flexibility index (Phi) is 7.88. The highest BCUT2D eigenvalue weighted by Gasteiger charge is 2.32. The molecule has 5 rings (SSSR count). The van der Waals surface area contributed by atoms with E-state index < -0.39 is 11.2 Å². The second-order valence-corrected chi connectivity index (χ2v) is 9.94. The molecular weight excluding hydrogens is 512 g/mol. The van der Waals surface area contributed by atoms with Gasteiger partial charge in [-0.15, -0.1) is 0 Å². The van der Waals surface area contributed by atoms with Gasteiger partial charge in [-0.3, -0.25) is 0 Å². The van der Waals surface area contributed by atoms with E-state index in [0.717, 1.165) is 11.1 Å². The standard InChI is InChI=1S/C37H27ClO2/c1-28-13-8-9-20-33(28)36(39,31-16-4-2-5-17-31)25-23-29-14-12-15-30(27-29)24-26-37(40,32-18-6-3-7-19-32)34-21-10-11-22-35(34)38/h2-22,27,39-40H,1H3. The van der Waals surface area contributed by atoms with Crippen LogP contribution in [0.1, 0.15) is 38.9 Å². The lowest BCUT2D eigenvalue weighted by Gasteiger charge is -2.25. The van der Waals surface area contributed by atoms with Crippen molar-refractivity contribution in [1.29, 1.82) is 0 Å². The van der Waals surface area contributed by atoms with Crippen LogP contribution in [0.25, 0.3) is 0 Å². The lowest BCUT2D eigenvalue weighted by Crippen LogP contribution is -2.26. The van der Waals surface area contributed by atoms with E-state index in [2.05, 4.69) is 23.7 Å². The van der Waals surface area contributed by atoms with Crippen LogP contribution in [-0.2, 0) is 11.2 Å². The summed E-state index contributed by atoms with van der Waals surface area (Å²) >= 11 is 6.49. The predicted octanol–water partition coefficient (Wildman–Crippen LogP) is 7.22. The highest BCUT2D eigenvalue weighted by molar-refractivity contribution is 6.31. The van der Waals surface area contributed by atoms with Crippen molar-refractivity contribution in [1.82, 2.24) is 0 Å². The second-order valence-electron chi connectivity index (χ2n) is 9.53. The Bertz CT molecular complexity index is 1630. The van der Waals surface area contributed by atoms with Crippen LogP contribution in [0, 0.1) is 30.6 Å². The molecule has 2 unspecified atom stereocenters. The van der Waals surface area contributed by atoms with Gasteiger partial charge in [-0.05, 0) is 36.8 Å². The van der Waals surface area contributed by atoms with Crippen molar-refractivity contribution in [2.45, 2.75) is 18.1 Å². The van der Waals surface area contributed by atoms with E-state index in [9.17, 15) is 10.2 Å². The molecule has 2 N–H and O–H groups in total. The zero-order chi connectivity index (χ0) is 28.0. The molecule has 2 nitrogen and oxygen atoms in total. The number of aryl methyl sites for hydroxylation is 1. The number of halogens is 1. The topological polar surface area (TPSA) is 40.5 Å². The summed E-state index contributed by atoms with van der Waals surface area (Å²) in [5.74, 6) is 12.5. The Hall–Kier alpha value is -4.57. The predicted molar refractivity (Wildman–Crippen MR) is 162 cm³/mol. The largest absolute Gasteiger partial charge is 0.369 e. The van der Waals surface area contributed by atoms with Crippen LogP contribution in [0.5, 0.6) is 0 Å². The van der Waals surface area contributed by atoms with Gasteiger partial charge >= 0.3 is 0 Å². The van der Waals surface area contributed by atoms with Crippen LogP contribution < -0.4 is 0 Å². The SMILES string of the molecule is Cc1ccccc1C(O)(C#Cc1cccc(C#CC(O)(c2ccccc2)c2ccccc2Cl)c1)c1ccccc1. The number of benzene rings is 5. The van der Waals surface area contributed by atoms with E-state index in [-0.39, 0.29) is 0 Å². The number of aliphatic hydroxyl groups is 2. The van der Waals surface area contributed by atoms with Crippen LogP contribution in [0.2, 0.25) is 5.02 Å². The second kappa shape index (κ2) is 11.7. The summed E-state index contributed by atoms with van der Waals surface area (Å²) in [5.41, 5.74) is 1.77. The van der Waals surface area contributed by atoms with Gasteiger partial charge in [-0.25, -0.2) is 0 Å². The molecule has 0 spiro atoms. The maximum Gasteiger partial charge on any atom is 0.178 e. The summed E-state index contributed by atoms with van der Waals surface area (Å²) in [5, 5.41) is 24.2. The van der Waals surface area contributed by atoms with Gasteiger partial charge in [0.1, 0.15) is 0 Å². The highest BCUT2D eigenvalue weighted by atomic mass is 35.5. The van der Waals surface area contributed by atoms with Crippen molar-refractivity contribution in [3.05, 3.63) is 177 Å². The van der Waals surface area contributed by atoms with Gasteiger partial charge in [0.2, 0.25) is 0 Å². The van der Waals surface area contributed by atoms with E-state index in [4.69, 9.17) is 11.6 Å². The molecule has 0 saturated heterocycles. The smallest absolute Gasteiger partial charge is 0.178 e. The molecule has 2 atom stereocenters. The maximum absolute atomic E-state index is 11.9. The molecule has 5 aromatic rings. The first-order valence-corrected chi connectivity index (χ1v) is 13.3. The molecule has 0 bridgehead atoms. The molecule has 5 aromatic carbocycles. The first-order chi connectivity index (χ1) is 19.4. The third-order valence-corrected chi connectivity index (χ3v) is 7.15. The Morgan fingerprint density at radius 3 is 1.50 bits per heavy atom. The number of hydrogen-bond acceptors (Lipinski definition) is 2. The molecule has 0 aromatic heterocycles. The lowest BCUT2D eigenvalue weighted by molar-refractivity contribution is 0.144. The molecule has 194 valence electrons. The molecule has 40 heavy (non-hydrogen) atoms. The molecule has 0 fully saturated rings. The fourth-order valence-corrected chi connectivity index (χ4v) is 4.95. The summed E-state index contributed by atoms with van der Waals surface area (Å²) in [6, 6.07) is 41.0. The first kappa shape index (κ1) is 27.0. The van der Waals surface area contributed by atoms with Crippen molar-refractivity contribution in [2.75, 3.05) is 0 Å². The zero-order valence-electron chi connectivity index (χ0n) is 22.0. The van der Waals surface area contributed by atoms with Gasteiger partial charge in [-0.1, -0.05) is 144 Å². The normalized spacial score (nSPS) is 13.5. The Labute approximate surface area is 240 Å². The van der Waals surface area contributed by atoms with Gasteiger partial charge in [0.15, 0.2) is 11.2 Å². The van der Waals surface area contributed by atoms with Crippen molar-refractivity contribution in [2.24, 2.45) is 0 Å². The maximum atomic E-state index is 11.9. The molecule has 0 aliphatic heterocycles. The average Bonchev–Trinajstić information content (AvgIpc) is 3.00. The van der Waals surface area contributed by atoms with Gasteiger partial charge < -0.3 is 10.2 Å². The third kappa shape index (κ3) is 5.57. The van der Waals surface area contributed by atoms with Crippen molar-refractivity contribution in [3.63, 3.8) is 0 Å². The van der Waals surface area contributed by atoms with E-state index in [1.807, 2.05) is 128 Å². The Morgan fingerprint density at radius 2 is 0.975 bits per heavy atom. The van der Waals surface area contributed by atoms with Crippen molar-refractivity contribution >= 4 is 11.6 Å². The minimum Gasteiger partial charge on any atom is -0.369 e. The average molecular weight is 539 g/mol. The monoisotopic (exact) mass is 538 g/mol. The molecule has 0 aliphatic carbocycles. The van der Waals surface area contributed by atoms with Gasteiger partial charge in [0.05, 0.1) is 0 Å². The zero-order valence-corrected chi connectivity index (χ0v) is 22.7. The highest BCUT2D eigenvalue weighted by Crippen LogP contribution is 2.34. The molecule has 0 saturated carbocycles. The van der Waals surface area contributed by atoms with Gasteiger partial charge in [-0.2, -0.15) is 0 Å². The fraction of sp³-hybridized carbons (Fsp3) is 0.0811. The third-order valence-electron chi connectivity index (χ3n) is 6.82. The quantitative estimate of drug-likeness (QED) is 0.237. The molecule has 0 aliphatic rings. The van der Waals surface area contributed by atoms with E-state index in [0.29, 0.717) is 32.8 Å². The fourth-order valence-electron chi connectivity index (χ4n) is 4.68. The van der Waals surface area contributed by atoms with Crippen molar-refractivity contribution in [3.8, 4) is 23.7 Å². The molecule has 3 heteroatoms. The van der Waals surface area contributed by atoms with Crippen LogP contribution in [0.3, 0.4) is 0 Å². The molecule has 0 amide bonds. The van der Waals surface area contributed by atoms with Crippen LogP contribution in [0.4, 0.5) is 0 Å². The summed E-state index contributed by atoms with van der Waals surface area (Å²) < 4.78 is 0. The summed E-state index contributed by atoms with van der Waals surface area (Å²) in [4.78, 5) is 0. The summed E-state index contributed by atoms with van der Waals surface area (Å²) in [6.45, 7) is 1.97. The molecular formula is C37H27ClO2. The van der Waals surface area contributed by atoms with E-state index in [1.54, 1.807) is 12.1 Å². The minimum atomic E-state index is -1.61. The first-order valence-electron chi connectivity index (χ1n) is 12.9. The van der Waals surface area contributed by atoms with Crippen LogP contribution in [-0.4, -0.2) is 10.2 Å². The van der Waals surface area contributed by atoms with Crippen molar-refractivity contribution < 1.29 is 10.2 Å². The summed E-state index contributed by atoms with van der Waals surface area (Å²) in [6.07, 6.45) is 0. The molecule has 0 radical (unpaired) electrons. The van der Waals surface area contributed by atoms with E-state index in [1.165, 1.54) is 0 Å². The minimum absolute atomic E-state index is 0.430. The number of hydrogen-bond donors (Lipinski definition) is 2. The summed E-state index contributed by atoms with van der Waals surface area (Å²) in [7, 11) is 0. The molecule has 0 heterocycles. The van der Waals surface area contributed by atoms with E-state index >= 15 is 0 Å². The van der Waals surface area contributed by atoms with Gasteiger partial charge in [0.25, 0.3) is 0 Å². The Morgan fingerprint density at radius 1 is 0.525 bits per heavy atom. The van der Waals surface area contributed by atoms with Crippen LogP contribution >= 0.6 is 11.6 Å². The Balaban J connectivity index is 1.56.